The number of carboxylic acid groups (broad SMARTS) is 1. The van der Waals surface area contributed by atoms with Crippen molar-refractivity contribution in [3.05, 3.63) is 23.4 Å². The van der Waals surface area contributed by atoms with Crippen molar-refractivity contribution in [2.45, 2.75) is 27.2 Å². The van der Waals surface area contributed by atoms with Crippen molar-refractivity contribution in [1.82, 2.24) is 4.98 Å². The average molecular weight is 252 g/mol. The molecular formula is C13H20N2O3. The van der Waals surface area contributed by atoms with Crippen LogP contribution >= 0.6 is 0 Å². The zero-order valence-corrected chi connectivity index (χ0v) is 11.0. The summed E-state index contributed by atoms with van der Waals surface area (Å²) in [5, 5.41) is 21.1. The molecule has 1 aromatic heterocycles. The van der Waals surface area contributed by atoms with Gasteiger partial charge < -0.3 is 15.5 Å². The van der Waals surface area contributed by atoms with E-state index < -0.39 is 5.97 Å². The van der Waals surface area contributed by atoms with E-state index in [4.69, 9.17) is 10.2 Å². The van der Waals surface area contributed by atoms with Gasteiger partial charge in [-0.2, -0.15) is 0 Å². The van der Waals surface area contributed by atoms with Gasteiger partial charge in [-0.05, 0) is 30.9 Å². The first-order valence-corrected chi connectivity index (χ1v) is 5.91. The Balaban J connectivity index is 2.83. The van der Waals surface area contributed by atoms with Crippen LogP contribution in [0.15, 0.2) is 12.1 Å². The lowest BCUT2D eigenvalue weighted by molar-refractivity contribution is 0.0697. The second-order valence-corrected chi connectivity index (χ2v) is 5.15. The standard InChI is InChI=1S/C13H20N2O3/c1-9-4-5-10(12(17)18)11(15-9)14-8-13(2,3)6-7-16/h4-5,16H,6-8H2,1-3H3,(H,14,15)(H,17,18). The fourth-order valence-electron chi connectivity index (χ4n) is 1.58. The Bertz CT molecular complexity index is 430. The molecule has 0 bridgehead atoms. The summed E-state index contributed by atoms with van der Waals surface area (Å²) in [6.45, 7) is 6.50. The Kier molecular flexibility index (Phi) is 4.67. The molecular weight excluding hydrogens is 232 g/mol. The van der Waals surface area contributed by atoms with Gasteiger partial charge in [-0.15, -0.1) is 0 Å². The summed E-state index contributed by atoms with van der Waals surface area (Å²) in [5.41, 5.74) is 0.818. The summed E-state index contributed by atoms with van der Waals surface area (Å²) in [7, 11) is 0. The minimum atomic E-state index is -0.995. The molecule has 0 atom stereocenters. The van der Waals surface area contributed by atoms with Crippen LogP contribution in [0.3, 0.4) is 0 Å². The van der Waals surface area contributed by atoms with Crippen LogP contribution in [0.4, 0.5) is 5.82 Å². The Morgan fingerprint density at radius 1 is 1.44 bits per heavy atom. The highest BCUT2D eigenvalue weighted by Crippen LogP contribution is 2.21. The van der Waals surface area contributed by atoms with Gasteiger partial charge in [-0.1, -0.05) is 13.8 Å². The maximum absolute atomic E-state index is 11.1. The fourth-order valence-corrected chi connectivity index (χ4v) is 1.58. The number of aromatic nitrogens is 1. The molecule has 0 amide bonds. The lowest BCUT2D eigenvalue weighted by Crippen LogP contribution is -2.25. The molecule has 5 heteroatoms. The number of nitrogens with one attached hydrogen (secondary N) is 1. The van der Waals surface area contributed by atoms with Gasteiger partial charge in [-0.3, -0.25) is 0 Å². The van der Waals surface area contributed by atoms with Crippen LogP contribution in [0.1, 0.15) is 36.3 Å². The second-order valence-electron chi connectivity index (χ2n) is 5.15. The monoisotopic (exact) mass is 252 g/mol. The molecule has 0 aromatic carbocycles. The van der Waals surface area contributed by atoms with Crippen molar-refractivity contribution in [1.29, 1.82) is 0 Å². The molecule has 0 aliphatic carbocycles. The van der Waals surface area contributed by atoms with Crippen LogP contribution in [0.5, 0.6) is 0 Å². The third kappa shape index (κ3) is 4.00. The molecule has 18 heavy (non-hydrogen) atoms. The average Bonchev–Trinajstić information content (AvgIpc) is 2.26. The molecule has 0 saturated heterocycles. The largest absolute Gasteiger partial charge is 0.478 e. The SMILES string of the molecule is Cc1ccc(C(=O)O)c(NCC(C)(C)CCO)n1. The van der Waals surface area contributed by atoms with Crippen LogP contribution in [0.2, 0.25) is 0 Å². The van der Waals surface area contributed by atoms with Gasteiger partial charge in [0.05, 0.1) is 0 Å². The van der Waals surface area contributed by atoms with E-state index >= 15 is 0 Å². The van der Waals surface area contributed by atoms with E-state index in [1.807, 2.05) is 20.8 Å². The Labute approximate surface area is 107 Å². The van der Waals surface area contributed by atoms with Crippen molar-refractivity contribution >= 4 is 11.8 Å². The molecule has 0 spiro atoms. The summed E-state index contributed by atoms with van der Waals surface area (Å²) in [5.74, 6) is -0.613. The molecule has 1 aromatic rings. The normalized spacial score (nSPS) is 11.3. The zero-order chi connectivity index (χ0) is 13.8. The molecule has 0 fully saturated rings. The molecule has 3 N–H and O–H groups in total. The minimum absolute atomic E-state index is 0.113. The number of aryl methyl sites for hydroxylation is 1. The van der Waals surface area contributed by atoms with Crippen molar-refractivity contribution in [2.75, 3.05) is 18.5 Å². The predicted octanol–water partition coefficient (Wildman–Crippen LogP) is 1.91. The second kappa shape index (κ2) is 5.82. The Morgan fingerprint density at radius 3 is 2.67 bits per heavy atom. The summed E-state index contributed by atoms with van der Waals surface area (Å²) >= 11 is 0. The number of anilines is 1. The molecule has 0 unspecified atom stereocenters. The lowest BCUT2D eigenvalue weighted by atomic mass is 9.90. The van der Waals surface area contributed by atoms with E-state index in [1.54, 1.807) is 12.1 Å². The highest BCUT2D eigenvalue weighted by atomic mass is 16.4. The summed E-state index contributed by atoms with van der Waals surface area (Å²) < 4.78 is 0. The number of carbonyl (C=O) groups is 1. The number of hydrogen-bond donors (Lipinski definition) is 3. The first-order chi connectivity index (χ1) is 8.35. The van der Waals surface area contributed by atoms with Gasteiger partial charge >= 0.3 is 5.97 Å². The molecule has 1 rings (SSSR count). The quantitative estimate of drug-likeness (QED) is 0.720. The number of aliphatic hydroxyl groups excluding tert-OH is 1. The van der Waals surface area contributed by atoms with Crippen LogP contribution in [-0.2, 0) is 0 Å². The van der Waals surface area contributed by atoms with Crippen molar-refractivity contribution in [3.63, 3.8) is 0 Å². The number of aromatic carboxylic acids is 1. The third-order valence-electron chi connectivity index (χ3n) is 2.79. The van der Waals surface area contributed by atoms with Gasteiger partial charge in [-0.25, -0.2) is 9.78 Å². The fraction of sp³-hybridized carbons (Fsp3) is 0.538. The smallest absolute Gasteiger partial charge is 0.339 e. The number of rotatable bonds is 6. The maximum atomic E-state index is 11.1. The number of pyridine rings is 1. The van der Waals surface area contributed by atoms with Gasteiger partial charge in [0.2, 0.25) is 0 Å². The Morgan fingerprint density at radius 2 is 2.11 bits per heavy atom. The first kappa shape index (κ1) is 14.4. The first-order valence-electron chi connectivity index (χ1n) is 5.91. The van der Waals surface area contributed by atoms with Crippen LogP contribution in [0, 0.1) is 12.3 Å². The van der Waals surface area contributed by atoms with E-state index in [2.05, 4.69) is 10.3 Å². The number of nitrogens with zero attached hydrogens (tertiary/aromatic N) is 1. The van der Waals surface area contributed by atoms with Crippen molar-refractivity contribution in [2.24, 2.45) is 5.41 Å². The summed E-state index contributed by atoms with van der Waals surface area (Å²) in [4.78, 5) is 15.3. The molecule has 5 nitrogen and oxygen atoms in total. The van der Waals surface area contributed by atoms with Crippen LogP contribution in [0.25, 0.3) is 0 Å². The zero-order valence-electron chi connectivity index (χ0n) is 11.0. The topological polar surface area (TPSA) is 82.5 Å². The van der Waals surface area contributed by atoms with Gasteiger partial charge in [0.25, 0.3) is 0 Å². The third-order valence-corrected chi connectivity index (χ3v) is 2.79. The van der Waals surface area contributed by atoms with Gasteiger partial charge in [0.15, 0.2) is 0 Å². The van der Waals surface area contributed by atoms with E-state index in [9.17, 15) is 4.79 Å². The van der Waals surface area contributed by atoms with Crippen LogP contribution < -0.4 is 5.32 Å². The van der Waals surface area contributed by atoms with E-state index in [-0.39, 0.29) is 17.6 Å². The van der Waals surface area contributed by atoms with Crippen LogP contribution in [-0.4, -0.2) is 34.3 Å². The maximum Gasteiger partial charge on any atom is 0.339 e. The Hall–Kier alpha value is -1.62. The minimum Gasteiger partial charge on any atom is -0.478 e. The number of carboxylic acids is 1. The highest BCUT2D eigenvalue weighted by Gasteiger charge is 2.19. The molecule has 0 aliphatic heterocycles. The summed E-state index contributed by atoms with van der Waals surface area (Å²) in [6, 6.07) is 3.22. The molecule has 100 valence electrons. The van der Waals surface area contributed by atoms with E-state index in [0.29, 0.717) is 18.8 Å². The molecule has 1 heterocycles. The number of aliphatic hydroxyl groups is 1. The lowest BCUT2D eigenvalue weighted by Gasteiger charge is -2.24. The molecule has 0 radical (unpaired) electrons. The van der Waals surface area contributed by atoms with Gasteiger partial charge in [0, 0.05) is 18.8 Å². The highest BCUT2D eigenvalue weighted by molar-refractivity contribution is 5.93. The van der Waals surface area contributed by atoms with Crippen molar-refractivity contribution < 1.29 is 15.0 Å². The molecule has 0 saturated carbocycles. The van der Waals surface area contributed by atoms with E-state index in [0.717, 1.165) is 5.69 Å². The number of hydrogen-bond acceptors (Lipinski definition) is 4. The predicted molar refractivity (Wildman–Crippen MR) is 69.9 cm³/mol. The summed E-state index contributed by atoms with van der Waals surface area (Å²) in [6.07, 6.45) is 0.647. The van der Waals surface area contributed by atoms with E-state index in [1.165, 1.54) is 0 Å². The van der Waals surface area contributed by atoms with Gasteiger partial charge in [0.1, 0.15) is 11.4 Å². The van der Waals surface area contributed by atoms with Crippen molar-refractivity contribution in [3.8, 4) is 0 Å². The molecule has 0 aliphatic rings.